The molecule has 0 aromatic heterocycles. The largest absolute Gasteiger partial charge is 0.257 e. The topological polar surface area (TPSA) is 24.7 Å². The van der Waals surface area contributed by atoms with Gasteiger partial charge in [-0.05, 0) is 26.0 Å². The highest BCUT2D eigenvalue weighted by Crippen LogP contribution is 2.06. The highest BCUT2D eigenvalue weighted by Gasteiger charge is 2.11. The monoisotopic (exact) mass is 208 g/mol. The Morgan fingerprint density at radius 3 is 1.93 bits per heavy atom. The Morgan fingerprint density at radius 1 is 1.07 bits per heavy atom. The molecule has 0 N–H and O–H groups in total. The zero-order chi connectivity index (χ0) is 12.3. The van der Waals surface area contributed by atoms with Crippen LogP contribution in [-0.2, 0) is 0 Å². The molecule has 2 nitrogen and oxygen atoms in total. The van der Waals surface area contributed by atoms with Gasteiger partial charge in [0.25, 0.3) is 0 Å². The van der Waals surface area contributed by atoms with Crippen molar-refractivity contribution in [3.05, 3.63) is 24.8 Å². The van der Waals surface area contributed by atoms with Gasteiger partial charge in [0.2, 0.25) is 0 Å². The maximum atomic E-state index is 4.29. The molecule has 1 unspecified atom stereocenters. The molecule has 0 amide bonds. The van der Waals surface area contributed by atoms with Crippen molar-refractivity contribution in [2.45, 2.75) is 47.7 Å². The van der Waals surface area contributed by atoms with Crippen LogP contribution in [0.25, 0.3) is 0 Å². The average Bonchev–Trinajstić information content (AvgIpc) is 2.65. The van der Waals surface area contributed by atoms with Gasteiger partial charge in [0.05, 0.1) is 11.4 Å². The Hall–Kier alpha value is -1.18. The predicted molar refractivity (Wildman–Crippen MR) is 72.0 cm³/mol. The third kappa shape index (κ3) is 6.00. The van der Waals surface area contributed by atoms with Crippen LogP contribution in [0.5, 0.6) is 0 Å². The van der Waals surface area contributed by atoms with Gasteiger partial charge in [-0.25, -0.2) is 0 Å². The van der Waals surface area contributed by atoms with E-state index in [2.05, 4.69) is 16.6 Å². The van der Waals surface area contributed by atoms with Crippen molar-refractivity contribution < 1.29 is 0 Å². The van der Waals surface area contributed by atoms with Crippen LogP contribution >= 0.6 is 0 Å². The lowest BCUT2D eigenvalue weighted by Crippen LogP contribution is -2.02. The van der Waals surface area contributed by atoms with E-state index in [9.17, 15) is 0 Å². The van der Waals surface area contributed by atoms with Crippen LogP contribution in [0.4, 0.5) is 0 Å². The first-order valence-corrected chi connectivity index (χ1v) is 5.69. The molecule has 0 fully saturated rings. The first-order valence-electron chi connectivity index (χ1n) is 5.69. The standard InChI is InChI=1S/C9H12N2.2C2H6/c1-4-6-9-8(5-2)10-7(3)11-9;2*1-2/h4-7H,2H2,1,3H3;2*1-2H3/b6-4-;;. The Balaban J connectivity index is 0. The first-order chi connectivity index (χ1) is 7.27. The molecule has 1 heterocycles. The van der Waals surface area contributed by atoms with Crippen molar-refractivity contribution in [2.24, 2.45) is 9.98 Å². The third-order valence-electron chi connectivity index (χ3n) is 1.43. The van der Waals surface area contributed by atoms with Crippen molar-refractivity contribution in [2.75, 3.05) is 0 Å². The maximum Gasteiger partial charge on any atom is 0.138 e. The summed E-state index contributed by atoms with van der Waals surface area (Å²) in [5, 5.41) is 0. The minimum Gasteiger partial charge on any atom is -0.257 e. The van der Waals surface area contributed by atoms with E-state index < -0.39 is 0 Å². The molecule has 0 saturated carbocycles. The molecule has 1 atom stereocenters. The number of hydrogen-bond donors (Lipinski definition) is 0. The summed E-state index contributed by atoms with van der Waals surface area (Å²) in [6, 6.07) is 0. The van der Waals surface area contributed by atoms with Crippen molar-refractivity contribution in [1.82, 2.24) is 0 Å². The number of hydrogen-bond acceptors (Lipinski definition) is 2. The SMILES string of the molecule is C=CC1=NC(C)N=C1/C=C\C.CC.CC. The molecule has 15 heavy (non-hydrogen) atoms. The predicted octanol–water partition coefficient (Wildman–Crippen LogP) is 4.04. The zero-order valence-corrected chi connectivity index (χ0v) is 10.9. The summed E-state index contributed by atoms with van der Waals surface area (Å²) in [6.45, 7) is 15.6. The summed E-state index contributed by atoms with van der Waals surface area (Å²) in [6.07, 6.45) is 5.71. The van der Waals surface area contributed by atoms with E-state index in [1.54, 1.807) is 6.08 Å². The van der Waals surface area contributed by atoms with Crippen LogP contribution in [0.3, 0.4) is 0 Å². The molecule has 0 aliphatic carbocycles. The van der Waals surface area contributed by atoms with E-state index in [1.807, 2.05) is 53.7 Å². The van der Waals surface area contributed by atoms with Gasteiger partial charge in [0.15, 0.2) is 0 Å². The van der Waals surface area contributed by atoms with E-state index in [1.165, 1.54) is 0 Å². The molecule has 1 aliphatic rings. The molecule has 0 radical (unpaired) electrons. The maximum absolute atomic E-state index is 4.29. The molecule has 0 aromatic carbocycles. The lowest BCUT2D eigenvalue weighted by molar-refractivity contribution is 0.815. The number of nitrogens with zero attached hydrogens (tertiary/aromatic N) is 2. The normalized spacial score (nSPS) is 18.1. The third-order valence-corrected chi connectivity index (χ3v) is 1.43. The van der Waals surface area contributed by atoms with E-state index in [4.69, 9.17) is 0 Å². The quantitative estimate of drug-likeness (QED) is 0.654. The van der Waals surface area contributed by atoms with E-state index in [0.29, 0.717) is 0 Å². The van der Waals surface area contributed by atoms with Crippen LogP contribution in [-0.4, -0.2) is 17.6 Å². The molecular formula is C13H24N2. The molecule has 1 rings (SSSR count). The van der Waals surface area contributed by atoms with Gasteiger partial charge >= 0.3 is 0 Å². The second-order valence-corrected chi connectivity index (χ2v) is 2.36. The highest BCUT2D eigenvalue weighted by molar-refractivity contribution is 6.51. The molecule has 2 heteroatoms. The van der Waals surface area contributed by atoms with Crippen LogP contribution in [0.2, 0.25) is 0 Å². The van der Waals surface area contributed by atoms with Crippen molar-refractivity contribution in [3.8, 4) is 0 Å². The Labute approximate surface area is 94.5 Å². The molecule has 0 saturated heterocycles. The Morgan fingerprint density at radius 2 is 1.53 bits per heavy atom. The second-order valence-electron chi connectivity index (χ2n) is 2.36. The van der Waals surface area contributed by atoms with Gasteiger partial charge in [-0.1, -0.05) is 40.3 Å². The summed E-state index contributed by atoms with van der Waals surface area (Å²) in [4.78, 5) is 8.54. The number of aliphatic imine (C=N–C) groups is 2. The Kier molecular flexibility index (Phi) is 11.8. The van der Waals surface area contributed by atoms with Crippen LogP contribution in [0.15, 0.2) is 34.8 Å². The second kappa shape index (κ2) is 10.9. The summed E-state index contributed by atoms with van der Waals surface area (Å²) >= 11 is 0. The molecule has 0 spiro atoms. The molecule has 86 valence electrons. The average molecular weight is 208 g/mol. The van der Waals surface area contributed by atoms with E-state index in [-0.39, 0.29) is 6.17 Å². The minimum atomic E-state index is 0.0641. The van der Waals surface area contributed by atoms with E-state index in [0.717, 1.165) is 11.4 Å². The van der Waals surface area contributed by atoms with Crippen LogP contribution in [0.1, 0.15) is 41.5 Å². The van der Waals surface area contributed by atoms with Crippen molar-refractivity contribution in [3.63, 3.8) is 0 Å². The van der Waals surface area contributed by atoms with Gasteiger partial charge in [0.1, 0.15) is 6.17 Å². The van der Waals surface area contributed by atoms with Gasteiger partial charge in [-0.15, -0.1) is 0 Å². The molecule has 0 aromatic rings. The number of rotatable bonds is 2. The molecule has 1 aliphatic heterocycles. The summed E-state index contributed by atoms with van der Waals surface area (Å²) in [5.74, 6) is 0. The molecular weight excluding hydrogens is 184 g/mol. The highest BCUT2D eigenvalue weighted by atomic mass is 15.0. The first kappa shape index (κ1) is 16.3. The van der Waals surface area contributed by atoms with Crippen LogP contribution < -0.4 is 0 Å². The molecule has 0 bridgehead atoms. The zero-order valence-electron chi connectivity index (χ0n) is 10.9. The fraction of sp³-hybridized carbons (Fsp3) is 0.538. The van der Waals surface area contributed by atoms with E-state index >= 15 is 0 Å². The Bertz CT molecular complexity index is 247. The van der Waals surface area contributed by atoms with Gasteiger partial charge < -0.3 is 0 Å². The summed E-state index contributed by atoms with van der Waals surface area (Å²) in [5.41, 5.74) is 1.84. The summed E-state index contributed by atoms with van der Waals surface area (Å²) < 4.78 is 0. The minimum absolute atomic E-state index is 0.0641. The van der Waals surface area contributed by atoms with Gasteiger partial charge in [0, 0.05) is 0 Å². The fourth-order valence-corrected chi connectivity index (χ4v) is 1.01. The van der Waals surface area contributed by atoms with Crippen molar-refractivity contribution >= 4 is 11.4 Å². The van der Waals surface area contributed by atoms with Gasteiger partial charge in [-0.2, -0.15) is 0 Å². The lowest BCUT2D eigenvalue weighted by Gasteiger charge is -1.89. The fourth-order valence-electron chi connectivity index (χ4n) is 1.01. The smallest absolute Gasteiger partial charge is 0.138 e. The lowest BCUT2D eigenvalue weighted by atomic mass is 10.2. The van der Waals surface area contributed by atoms with Crippen LogP contribution in [0, 0.1) is 0 Å². The number of allylic oxidation sites excluding steroid dienone is 3. The van der Waals surface area contributed by atoms with Crippen molar-refractivity contribution in [1.29, 1.82) is 0 Å². The van der Waals surface area contributed by atoms with Gasteiger partial charge in [-0.3, -0.25) is 9.98 Å². The summed E-state index contributed by atoms with van der Waals surface area (Å²) in [7, 11) is 0.